The quantitative estimate of drug-likeness (QED) is 0.713. The van der Waals surface area contributed by atoms with Crippen molar-refractivity contribution in [2.24, 2.45) is 7.05 Å². The maximum atomic E-state index is 10.9. The summed E-state index contributed by atoms with van der Waals surface area (Å²) < 4.78 is 1.67. The van der Waals surface area contributed by atoms with Gasteiger partial charge < -0.3 is 5.11 Å². The van der Waals surface area contributed by atoms with Crippen LogP contribution in [0, 0.1) is 0 Å². The van der Waals surface area contributed by atoms with E-state index in [9.17, 15) is 5.11 Å². The molecule has 0 aliphatic carbocycles. The van der Waals surface area contributed by atoms with E-state index in [-0.39, 0.29) is 0 Å². The topological polar surface area (TPSA) is 67.1 Å². The van der Waals surface area contributed by atoms with E-state index in [1.807, 2.05) is 7.05 Å². The molecule has 0 amide bonds. The van der Waals surface area contributed by atoms with Crippen molar-refractivity contribution < 1.29 is 5.11 Å². The third kappa shape index (κ3) is 3.87. The first-order chi connectivity index (χ1) is 13.4. The van der Waals surface area contributed by atoms with Crippen LogP contribution < -0.4 is 0 Å². The Kier molecular flexibility index (Phi) is 5.31. The smallest absolute Gasteiger partial charge is 0.158 e. The predicted octanol–water partition coefficient (Wildman–Crippen LogP) is 3.55. The molecule has 1 aliphatic rings. The fraction of sp³-hybridized carbons (Fsp3) is 0.476. The van der Waals surface area contributed by atoms with Crippen molar-refractivity contribution in [2.75, 3.05) is 13.1 Å². The number of nitrogens with zero attached hydrogens (tertiary/aromatic N) is 5. The fourth-order valence-corrected chi connectivity index (χ4v) is 4.59. The summed E-state index contributed by atoms with van der Waals surface area (Å²) in [7, 11) is 1.83. The van der Waals surface area contributed by atoms with Crippen LogP contribution in [0.1, 0.15) is 49.7 Å². The second-order valence-electron chi connectivity index (χ2n) is 7.94. The van der Waals surface area contributed by atoms with Gasteiger partial charge >= 0.3 is 0 Å². The number of aryl methyl sites for hydroxylation is 1. The number of likely N-dealkylation sites (tertiary alicyclic amines) is 1. The molecule has 3 aromatic rings. The second kappa shape index (κ2) is 7.73. The largest absolute Gasteiger partial charge is 0.382 e. The first kappa shape index (κ1) is 19.2. The van der Waals surface area contributed by atoms with Gasteiger partial charge in [0.25, 0.3) is 0 Å². The van der Waals surface area contributed by atoms with Crippen molar-refractivity contribution in [1.29, 1.82) is 0 Å². The van der Waals surface area contributed by atoms with Crippen molar-refractivity contribution in [2.45, 2.75) is 44.8 Å². The Balaban J connectivity index is 1.38. The highest BCUT2D eigenvalue weighted by atomic mass is 32.1. The highest BCUT2D eigenvalue weighted by Gasteiger charge is 2.37. The van der Waals surface area contributed by atoms with Gasteiger partial charge in [0.1, 0.15) is 16.9 Å². The molecule has 1 fully saturated rings. The SMILES string of the molecule is CC(C)c1ccc(-c2nc(CN3CCC(O)(c4ncnn4C)CC3)cs2)cc1. The molecule has 1 saturated heterocycles. The van der Waals surface area contributed by atoms with E-state index in [4.69, 9.17) is 4.98 Å². The van der Waals surface area contributed by atoms with E-state index in [2.05, 4.69) is 58.5 Å². The Bertz CT molecular complexity index is 922. The summed E-state index contributed by atoms with van der Waals surface area (Å²) in [6.45, 7) is 6.87. The number of benzene rings is 1. The number of thiazole rings is 1. The Morgan fingerprint density at radius 3 is 2.50 bits per heavy atom. The third-order valence-corrected chi connectivity index (χ3v) is 6.51. The van der Waals surface area contributed by atoms with Gasteiger partial charge in [-0.2, -0.15) is 5.10 Å². The molecule has 4 rings (SSSR count). The lowest BCUT2D eigenvalue weighted by molar-refractivity contribution is -0.0374. The highest BCUT2D eigenvalue weighted by Crippen LogP contribution is 2.32. The lowest BCUT2D eigenvalue weighted by Crippen LogP contribution is -2.43. The van der Waals surface area contributed by atoms with Gasteiger partial charge in [-0.3, -0.25) is 9.58 Å². The zero-order chi connectivity index (χ0) is 19.7. The molecule has 6 nitrogen and oxygen atoms in total. The molecule has 3 heterocycles. The average Bonchev–Trinajstić information content (AvgIpc) is 3.33. The van der Waals surface area contributed by atoms with Gasteiger partial charge in [-0.05, 0) is 24.3 Å². The molecule has 1 N–H and O–H groups in total. The monoisotopic (exact) mass is 397 g/mol. The van der Waals surface area contributed by atoms with Crippen LogP contribution in [-0.2, 0) is 19.2 Å². The van der Waals surface area contributed by atoms with Crippen LogP contribution >= 0.6 is 11.3 Å². The standard InChI is InChI=1S/C21H27N5OS/c1-15(2)16-4-6-17(7-5-16)19-24-18(13-28-19)12-26-10-8-21(27,9-11-26)20-22-14-23-25(20)3/h4-7,13-15,27H,8-12H2,1-3H3. The number of hydrogen-bond acceptors (Lipinski definition) is 6. The lowest BCUT2D eigenvalue weighted by Gasteiger charge is -2.37. The second-order valence-corrected chi connectivity index (χ2v) is 8.79. The molecule has 0 unspecified atom stereocenters. The number of aliphatic hydroxyl groups is 1. The van der Waals surface area contributed by atoms with Crippen molar-refractivity contribution in [3.8, 4) is 10.6 Å². The molecule has 148 valence electrons. The first-order valence-corrected chi connectivity index (χ1v) is 10.7. The van der Waals surface area contributed by atoms with Crippen LogP contribution in [0.5, 0.6) is 0 Å². The van der Waals surface area contributed by atoms with Crippen molar-refractivity contribution in [1.82, 2.24) is 24.6 Å². The third-order valence-electron chi connectivity index (χ3n) is 5.57. The van der Waals surface area contributed by atoms with Crippen LogP contribution in [0.15, 0.2) is 36.0 Å². The maximum absolute atomic E-state index is 10.9. The van der Waals surface area contributed by atoms with Crippen molar-refractivity contribution in [3.05, 3.63) is 53.1 Å². The fourth-order valence-electron chi connectivity index (χ4n) is 3.77. The Morgan fingerprint density at radius 1 is 1.18 bits per heavy atom. The molecule has 1 aromatic carbocycles. The minimum atomic E-state index is -0.882. The van der Waals surface area contributed by atoms with Crippen LogP contribution in [-0.4, -0.2) is 42.8 Å². The molecular weight excluding hydrogens is 370 g/mol. The molecule has 0 saturated carbocycles. The van der Waals surface area contributed by atoms with Crippen LogP contribution in [0.25, 0.3) is 10.6 Å². The van der Waals surface area contributed by atoms with E-state index in [1.165, 1.54) is 17.5 Å². The summed E-state index contributed by atoms with van der Waals surface area (Å²) in [5.41, 5.74) is 2.74. The predicted molar refractivity (Wildman–Crippen MR) is 111 cm³/mol. The number of rotatable bonds is 5. The van der Waals surface area contributed by atoms with E-state index < -0.39 is 5.60 Å². The number of piperidine rings is 1. The molecule has 0 radical (unpaired) electrons. The van der Waals surface area contributed by atoms with Crippen molar-refractivity contribution in [3.63, 3.8) is 0 Å². The Labute approximate surface area is 169 Å². The number of aromatic nitrogens is 4. The zero-order valence-corrected chi connectivity index (χ0v) is 17.5. The summed E-state index contributed by atoms with van der Waals surface area (Å²) >= 11 is 1.70. The molecule has 0 atom stereocenters. The van der Waals surface area contributed by atoms with Crippen LogP contribution in [0.4, 0.5) is 0 Å². The van der Waals surface area contributed by atoms with Gasteiger partial charge in [-0.1, -0.05) is 38.1 Å². The molecule has 28 heavy (non-hydrogen) atoms. The molecule has 0 bridgehead atoms. The van der Waals surface area contributed by atoms with Gasteiger partial charge in [-0.15, -0.1) is 11.3 Å². The minimum Gasteiger partial charge on any atom is -0.382 e. The first-order valence-electron chi connectivity index (χ1n) is 9.78. The zero-order valence-electron chi connectivity index (χ0n) is 16.7. The van der Waals surface area contributed by atoms with Crippen LogP contribution in [0.3, 0.4) is 0 Å². The lowest BCUT2D eigenvalue weighted by atomic mass is 9.90. The Hall–Kier alpha value is -2.09. The molecular formula is C21H27N5OS. The number of hydrogen-bond donors (Lipinski definition) is 1. The summed E-state index contributed by atoms with van der Waals surface area (Å²) in [6, 6.07) is 8.72. The van der Waals surface area contributed by atoms with Gasteiger partial charge in [0, 0.05) is 37.6 Å². The van der Waals surface area contributed by atoms with Gasteiger partial charge in [0.15, 0.2) is 5.82 Å². The van der Waals surface area contributed by atoms with Gasteiger partial charge in [0.05, 0.1) is 5.69 Å². The molecule has 7 heteroatoms. The molecule has 2 aromatic heterocycles. The van der Waals surface area contributed by atoms with E-state index in [0.717, 1.165) is 30.3 Å². The summed E-state index contributed by atoms with van der Waals surface area (Å²) in [6.07, 6.45) is 2.82. The maximum Gasteiger partial charge on any atom is 0.158 e. The van der Waals surface area contributed by atoms with E-state index in [1.54, 1.807) is 16.0 Å². The van der Waals surface area contributed by atoms with E-state index >= 15 is 0 Å². The summed E-state index contributed by atoms with van der Waals surface area (Å²) in [5.74, 6) is 1.20. The Morgan fingerprint density at radius 2 is 1.89 bits per heavy atom. The molecule has 0 spiro atoms. The van der Waals surface area contributed by atoms with Gasteiger partial charge in [-0.25, -0.2) is 9.97 Å². The van der Waals surface area contributed by atoms with Crippen molar-refractivity contribution >= 4 is 11.3 Å². The average molecular weight is 398 g/mol. The van der Waals surface area contributed by atoms with Crippen LogP contribution in [0.2, 0.25) is 0 Å². The molecule has 1 aliphatic heterocycles. The highest BCUT2D eigenvalue weighted by molar-refractivity contribution is 7.13. The summed E-state index contributed by atoms with van der Waals surface area (Å²) in [5, 5.41) is 18.3. The van der Waals surface area contributed by atoms with Gasteiger partial charge in [0.2, 0.25) is 0 Å². The normalized spacial score (nSPS) is 17.3. The summed E-state index contributed by atoms with van der Waals surface area (Å²) in [4.78, 5) is 11.4. The minimum absolute atomic E-state index is 0.542. The van der Waals surface area contributed by atoms with E-state index in [0.29, 0.717) is 24.6 Å².